The van der Waals surface area contributed by atoms with Gasteiger partial charge in [-0.2, -0.15) is 5.10 Å². The summed E-state index contributed by atoms with van der Waals surface area (Å²) in [6.45, 7) is 0. The van der Waals surface area contributed by atoms with E-state index in [-0.39, 0.29) is 5.91 Å². The number of ether oxygens (including phenoxy) is 3. The van der Waals surface area contributed by atoms with Crippen molar-refractivity contribution in [3.63, 3.8) is 0 Å². The molecule has 0 aliphatic heterocycles. The number of amides is 1. The molecule has 0 atom stereocenters. The number of methoxy groups -OCH3 is 3. The number of aromatic nitrogens is 1. The molecule has 0 spiro atoms. The number of carbonyl (C=O) groups excluding carboxylic acids is 1. The molecule has 1 N–H and O–H groups in total. The SMILES string of the molecule is COc1cc(C(=O)N/N=C/c2cn(C)c3ccccc23)cc(OC)c1OC. The van der Waals surface area contributed by atoms with Gasteiger partial charge >= 0.3 is 0 Å². The van der Waals surface area contributed by atoms with Crippen LogP contribution in [0, 0.1) is 0 Å². The van der Waals surface area contributed by atoms with Crippen LogP contribution in [0.4, 0.5) is 0 Å². The van der Waals surface area contributed by atoms with Crippen molar-refractivity contribution < 1.29 is 19.0 Å². The van der Waals surface area contributed by atoms with Gasteiger partial charge in [0.05, 0.1) is 27.5 Å². The zero-order valence-corrected chi connectivity index (χ0v) is 15.6. The molecular formula is C20H21N3O4. The third kappa shape index (κ3) is 3.57. The highest BCUT2D eigenvalue weighted by Crippen LogP contribution is 2.38. The Labute approximate surface area is 157 Å². The van der Waals surface area contributed by atoms with Crippen molar-refractivity contribution in [2.75, 3.05) is 21.3 Å². The summed E-state index contributed by atoms with van der Waals surface area (Å²) < 4.78 is 17.8. The van der Waals surface area contributed by atoms with E-state index in [1.54, 1.807) is 18.3 Å². The number of para-hydroxylation sites is 1. The Morgan fingerprint density at radius 3 is 2.37 bits per heavy atom. The Morgan fingerprint density at radius 1 is 1.07 bits per heavy atom. The maximum Gasteiger partial charge on any atom is 0.271 e. The van der Waals surface area contributed by atoms with Gasteiger partial charge in [-0.15, -0.1) is 0 Å². The van der Waals surface area contributed by atoms with E-state index < -0.39 is 0 Å². The van der Waals surface area contributed by atoms with E-state index in [0.717, 1.165) is 16.5 Å². The second-order valence-corrected chi connectivity index (χ2v) is 5.83. The summed E-state index contributed by atoms with van der Waals surface area (Å²) in [6.07, 6.45) is 3.58. The number of benzene rings is 2. The highest BCUT2D eigenvalue weighted by atomic mass is 16.5. The van der Waals surface area contributed by atoms with Gasteiger partial charge in [-0.25, -0.2) is 5.43 Å². The van der Waals surface area contributed by atoms with E-state index in [1.807, 2.05) is 42.1 Å². The molecule has 140 valence electrons. The van der Waals surface area contributed by atoms with Gasteiger partial charge in [-0.1, -0.05) is 18.2 Å². The molecule has 2 aromatic carbocycles. The van der Waals surface area contributed by atoms with Crippen molar-refractivity contribution in [2.24, 2.45) is 12.1 Å². The third-order valence-corrected chi connectivity index (χ3v) is 4.22. The zero-order valence-electron chi connectivity index (χ0n) is 15.6. The summed E-state index contributed by atoms with van der Waals surface area (Å²) in [5.74, 6) is 0.849. The molecule has 3 rings (SSSR count). The predicted octanol–water partition coefficient (Wildman–Crippen LogP) is 2.97. The number of nitrogens with one attached hydrogen (secondary N) is 1. The van der Waals surface area contributed by atoms with Crippen LogP contribution >= 0.6 is 0 Å². The number of fused-ring (bicyclic) bond motifs is 1. The summed E-state index contributed by atoms with van der Waals surface area (Å²) in [5.41, 5.74) is 4.89. The monoisotopic (exact) mass is 367 g/mol. The number of hydrazone groups is 1. The van der Waals surface area contributed by atoms with Crippen LogP contribution in [-0.4, -0.2) is 38.0 Å². The highest BCUT2D eigenvalue weighted by molar-refractivity contribution is 6.00. The molecule has 1 aromatic heterocycles. The molecule has 0 saturated carbocycles. The van der Waals surface area contributed by atoms with Crippen LogP contribution in [0.15, 0.2) is 47.7 Å². The highest BCUT2D eigenvalue weighted by Gasteiger charge is 2.16. The lowest BCUT2D eigenvalue weighted by molar-refractivity contribution is 0.0954. The summed E-state index contributed by atoms with van der Waals surface area (Å²) in [6, 6.07) is 11.1. The van der Waals surface area contributed by atoms with Gasteiger partial charge in [0.25, 0.3) is 5.91 Å². The minimum atomic E-state index is -0.384. The van der Waals surface area contributed by atoms with Gasteiger partial charge in [0, 0.05) is 35.3 Å². The number of hydrogen-bond acceptors (Lipinski definition) is 5. The predicted molar refractivity (Wildman–Crippen MR) is 104 cm³/mol. The van der Waals surface area contributed by atoms with Crippen LogP contribution in [0.1, 0.15) is 15.9 Å². The Morgan fingerprint density at radius 2 is 1.74 bits per heavy atom. The average molecular weight is 367 g/mol. The first-order valence-electron chi connectivity index (χ1n) is 8.26. The number of hydrogen-bond donors (Lipinski definition) is 1. The fraction of sp³-hybridized carbons (Fsp3) is 0.200. The molecule has 0 saturated heterocycles. The van der Waals surface area contributed by atoms with Crippen molar-refractivity contribution in [3.8, 4) is 17.2 Å². The normalized spacial score (nSPS) is 11.0. The zero-order chi connectivity index (χ0) is 19.4. The Bertz CT molecular complexity index is 983. The number of aryl methyl sites for hydroxylation is 1. The summed E-state index contributed by atoms with van der Waals surface area (Å²) in [7, 11) is 6.47. The lowest BCUT2D eigenvalue weighted by Gasteiger charge is -2.13. The Balaban J connectivity index is 1.82. The molecule has 0 unspecified atom stereocenters. The first-order chi connectivity index (χ1) is 13.1. The lowest BCUT2D eigenvalue weighted by atomic mass is 10.1. The van der Waals surface area contributed by atoms with Gasteiger partial charge in [-0.05, 0) is 18.2 Å². The molecule has 7 heteroatoms. The topological polar surface area (TPSA) is 74.1 Å². The van der Waals surface area contributed by atoms with E-state index >= 15 is 0 Å². The van der Waals surface area contributed by atoms with Crippen LogP contribution < -0.4 is 19.6 Å². The van der Waals surface area contributed by atoms with Crippen LogP contribution in [-0.2, 0) is 7.05 Å². The van der Waals surface area contributed by atoms with E-state index in [9.17, 15) is 4.79 Å². The molecular weight excluding hydrogens is 346 g/mol. The minimum Gasteiger partial charge on any atom is -0.493 e. The average Bonchev–Trinajstić information content (AvgIpc) is 3.02. The van der Waals surface area contributed by atoms with Gasteiger partial charge in [0.15, 0.2) is 11.5 Å². The largest absolute Gasteiger partial charge is 0.493 e. The van der Waals surface area contributed by atoms with Crippen molar-refractivity contribution in [1.29, 1.82) is 0 Å². The summed E-state index contributed by atoms with van der Waals surface area (Å²) >= 11 is 0. The first-order valence-corrected chi connectivity index (χ1v) is 8.26. The van der Waals surface area contributed by atoms with E-state index in [0.29, 0.717) is 22.8 Å². The van der Waals surface area contributed by atoms with E-state index in [2.05, 4.69) is 10.5 Å². The van der Waals surface area contributed by atoms with Crippen LogP contribution in [0.2, 0.25) is 0 Å². The lowest BCUT2D eigenvalue weighted by Crippen LogP contribution is -2.18. The smallest absolute Gasteiger partial charge is 0.271 e. The number of carbonyl (C=O) groups is 1. The second kappa shape index (κ2) is 7.82. The maximum atomic E-state index is 12.5. The maximum absolute atomic E-state index is 12.5. The van der Waals surface area contributed by atoms with E-state index in [4.69, 9.17) is 14.2 Å². The molecule has 0 aliphatic carbocycles. The van der Waals surface area contributed by atoms with Gasteiger partial charge in [0.2, 0.25) is 5.75 Å². The Hall–Kier alpha value is -3.48. The quantitative estimate of drug-likeness (QED) is 0.537. The van der Waals surface area contributed by atoms with Crippen molar-refractivity contribution in [1.82, 2.24) is 9.99 Å². The van der Waals surface area contributed by atoms with E-state index in [1.165, 1.54) is 21.3 Å². The fourth-order valence-electron chi connectivity index (χ4n) is 2.91. The molecule has 7 nitrogen and oxygen atoms in total. The standard InChI is InChI=1S/C20H21N3O4/c1-23-12-14(15-7-5-6-8-16(15)23)11-21-22-20(24)13-9-17(25-2)19(27-4)18(10-13)26-3/h5-12H,1-4H3,(H,22,24)/b21-11+. The second-order valence-electron chi connectivity index (χ2n) is 5.83. The number of rotatable bonds is 6. The van der Waals surface area contributed by atoms with Crippen molar-refractivity contribution in [2.45, 2.75) is 0 Å². The van der Waals surface area contributed by atoms with Crippen molar-refractivity contribution >= 4 is 23.0 Å². The minimum absolute atomic E-state index is 0.347. The molecule has 0 bridgehead atoms. The Kier molecular flexibility index (Phi) is 5.30. The molecule has 1 amide bonds. The summed E-state index contributed by atoms with van der Waals surface area (Å²) in [4.78, 5) is 12.5. The molecule has 27 heavy (non-hydrogen) atoms. The molecule has 0 aliphatic rings. The number of nitrogens with zero attached hydrogens (tertiary/aromatic N) is 2. The first kappa shape index (κ1) is 18.3. The van der Waals surface area contributed by atoms with Crippen LogP contribution in [0.25, 0.3) is 10.9 Å². The van der Waals surface area contributed by atoms with Gasteiger partial charge < -0.3 is 18.8 Å². The molecule has 1 heterocycles. The van der Waals surface area contributed by atoms with Crippen LogP contribution in [0.3, 0.4) is 0 Å². The van der Waals surface area contributed by atoms with Gasteiger partial charge in [0.1, 0.15) is 0 Å². The fourth-order valence-corrected chi connectivity index (χ4v) is 2.91. The van der Waals surface area contributed by atoms with Crippen molar-refractivity contribution in [3.05, 3.63) is 53.7 Å². The summed E-state index contributed by atoms with van der Waals surface area (Å²) in [5, 5.41) is 5.15. The van der Waals surface area contributed by atoms with Gasteiger partial charge in [-0.3, -0.25) is 4.79 Å². The molecule has 0 fully saturated rings. The third-order valence-electron chi connectivity index (χ3n) is 4.22. The van der Waals surface area contributed by atoms with Crippen LogP contribution in [0.5, 0.6) is 17.2 Å². The molecule has 3 aromatic rings. The molecule has 0 radical (unpaired) electrons.